The van der Waals surface area contributed by atoms with Crippen molar-refractivity contribution in [2.24, 2.45) is 11.7 Å². The van der Waals surface area contributed by atoms with E-state index in [2.05, 4.69) is 11.0 Å². The number of rotatable bonds is 5. The van der Waals surface area contributed by atoms with Crippen LogP contribution in [0.5, 0.6) is 17.2 Å². The molecule has 27 heavy (non-hydrogen) atoms. The molecular weight excluding hydrogens is 340 g/mol. The minimum atomic E-state index is 0.0180. The van der Waals surface area contributed by atoms with Crippen molar-refractivity contribution in [3.05, 3.63) is 54.1 Å². The lowest BCUT2D eigenvalue weighted by Crippen LogP contribution is -2.45. The van der Waals surface area contributed by atoms with E-state index in [4.69, 9.17) is 19.9 Å². The number of hydrogen-bond donors (Lipinski definition) is 1. The van der Waals surface area contributed by atoms with E-state index in [0.29, 0.717) is 12.5 Å². The number of nitrogens with zero attached hydrogens (tertiary/aromatic N) is 1. The third-order valence-electron chi connectivity index (χ3n) is 5.67. The van der Waals surface area contributed by atoms with E-state index >= 15 is 0 Å². The van der Waals surface area contributed by atoms with Gasteiger partial charge in [0.1, 0.15) is 18.5 Å². The van der Waals surface area contributed by atoms with Crippen LogP contribution in [0.3, 0.4) is 0 Å². The molecule has 5 heteroatoms. The molecule has 2 atom stereocenters. The zero-order valence-corrected chi connectivity index (χ0v) is 15.8. The minimum Gasteiger partial charge on any atom is -0.496 e. The Kier molecular flexibility index (Phi) is 5.50. The van der Waals surface area contributed by atoms with Crippen LogP contribution in [0.15, 0.2) is 48.5 Å². The number of methoxy groups -OCH3 is 1. The normalized spacial score (nSPS) is 21.6. The highest BCUT2D eigenvalue weighted by Crippen LogP contribution is 2.34. The third-order valence-corrected chi connectivity index (χ3v) is 5.67. The van der Waals surface area contributed by atoms with Gasteiger partial charge in [0.05, 0.1) is 7.11 Å². The lowest BCUT2D eigenvalue weighted by molar-refractivity contribution is 0.0459. The van der Waals surface area contributed by atoms with Gasteiger partial charge in [-0.2, -0.15) is 0 Å². The standard InChI is InChI=1S/C22H28N2O3/c1-25-19-7-3-2-6-18(19)22(23)16-10-12-24(13-11-16)14-17-15-26-20-8-4-5-9-21(20)27-17/h2-9,16-17,22H,10-15,23H2,1H3. The van der Waals surface area contributed by atoms with Crippen molar-refractivity contribution in [3.8, 4) is 17.2 Å². The number of ether oxygens (including phenoxy) is 3. The maximum Gasteiger partial charge on any atom is 0.161 e. The van der Waals surface area contributed by atoms with Crippen LogP contribution in [0.2, 0.25) is 0 Å². The van der Waals surface area contributed by atoms with Crippen LogP contribution in [-0.2, 0) is 0 Å². The Labute approximate surface area is 161 Å². The third kappa shape index (κ3) is 4.04. The predicted molar refractivity (Wildman–Crippen MR) is 105 cm³/mol. The number of benzene rings is 2. The fraction of sp³-hybridized carbons (Fsp3) is 0.455. The molecule has 2 N–H and O–H groups in total. The van der Waals surface area contributed by atoms with Gasteiger partial charge in [0.25, 0.3) is 0 Å². The summed E-state index contributed by atoms with van der Waals surface area (Å²) in [4.78, 5) is 2.47. The Morgan fingerprint density at radius 2 is 1.78 bits per heavy atom. The van der Waals surface area contributed by atoms with Gasteiger partial charge < -0.3 is 19.9 Å². The number of nitrogens with two attached hydrogens (primary N) is 1. The number of piperidine rings is 1. The largest absolute Gasteiger partial charge is 0.496 e. The molecule has 2 aromatic rings. The first-order valence-electron chi connectivity index (χ1n) is 9.74. The van der Waals surface area contributed by atoms with Crippen LogP contribution in [0.25, 0.3) is 0 Å². The maximum atomic E-state index is 6.59. The number of hydrogen-bond acceptors (Lipinski definition) is 5. The zero-order chi connectivity index (χ0) is 18.6. The van der Waals surface area contributed by atoms with Gasteiger partial charge in [-0.25, -0.2) is 0 Å². The maximum absolute atomic E-state index is 6.59. The molecule has 2 unspecified atom stereocenters. The second-order valence-corrected chi connectivity index (χ2v) is 7.40. The molecule has 2 aliphatic rings. The summed E-state index contributed by atoms with van der Waals surface area (Å²) >= 11 is 0. The molecule has 0 amide bonds. The lowest BCUT2D eigenvalue weighted by atomic mass is 9.85. The van der Waals surface area contributed by atoms with Gasteiger partial charge in [0, 0.05) is 18.2 Å². The van der Waals surface area contributed by atoms with Gasteiger partial charge in [-0.3, -0.25) is 4.90 Å². The summed E-state index contributed by atoms with van der Waals surface area (Å²) in [5.74, 6) is 3.05. The molecule has 1 fully saturated rings. The van der Waals surface area contributed by atoms with Crippen LogP contribution < -0.4 is 19.9 Å². The SMILES string of the molecule is COc1ccccc1C(N)C1CCN(CC2COc3ccccc3O2)CC1. The molecule has 5 nitrogen and oxygen atoms in total. The van der Waals surface area contributed by atoms with Crippen molar-refractivity contribution in [2.75, 3.05) is 33.4 Å². The highest BCUT2D eigenvalue weighted by atomic mass is 16.6. The summed E-state index contributed by atoms with van der Waals surface area (Å²) in [5.41, 5.74) is 7.70. The van der Waals surface area contributed by atoms with Gasteiger partial charge in [-0.05, 0) is 50.0 Å². The fourth-order valence-corrected chi connectivity index (χ4v) is 4.13. The van der Waals surface area contributed by atoms with E-state index in [0.717, 1.165) is 55.3 Å². The van der Waals surface area contributed by atoms with Crippen molar-refractivity contribution in [1.82, 2.24) is 4.90 Å². The number of likely N-dealkylation sites (tertiary alicyclic amines) is 1. The first-order valence-corrected chi connectivity index (χ1v) is 9.74. The molecule has 2 aliphatic heterocycles. The van der Waals surface area contributed by atoms with Gasteiger partial charge >= 0.3 is 0 Å². The Morgan fingerprint density at radius 1 is 1.07 bits per heavy atom. The van der Waals surface area contributed by atoms with E-state index in [1.807, 2.05) is 42.5 Å². The Morgan fingerprint density at radius 3 is 2.56 bits per heavy atom. The molecule has 0 bridgehead atoms. The predicted octanol–water partition coefficient (Wildman–Crippen LogP) is 3.25. The van der Waals surface area contributed by atoms with Gasteiger partial charge in [0.15, 0.2) is 11.5 Å². The van der Waals surface area contributed by atoms with Crippen LogP contribution in [0, 0.1) is 5.92 Å². The van der Waals surface area contributed by atoms with Crippen LogP contribution in [-0.4, -0.2) is 44.4 Å². The Hall–Kier alpha value is -2.24. The molecule has 144 valence electrons. The van der Waals surface area contributed by atoms with Crippen LogP contribution in [0.1, 0.15) is 24.4 Å². The van der Waals surface area contributed by atoms with Gasteiger partial charge in [-0.1, -0.05) is 30.3 Å². The average Bonchev–Trinajstić information content (AvgIpc) is 2.73. The van der Waals surface area contributed by atoms with Gasteiger partial charge in [-0.15, -0.1) is 0 Å². The first kappa shape index (κ1) is 18.1. The molecular formula is C22H28N2O3. The smallest absolute Gasteiger partial charge is 0.161 e. The molecule has 0 radical (unpaired) electrons. The first-order chi connectivity index (χ1) is 13.2. The van der Waals surface area contributed by atoms with E-state index in [9.17, 15) is 0 Å². The average molecular weight is 368 g/mol. The second kappa shape index (κ2) is 8.19. The van der Waals surface area contributed by atoms with Gasteiger partial charge in [0.2, 0.25) is 0 Å². The molecule has 2 aromatic carbocycles. The molecule has 0 spiro atoms. The highest BCUT2D eigenvalue weighted by Gasteiger charge is 2.29. The molecule has 4 rings (SSSR count). The Balaban J connectivity index is 1.30. The molecule has 0 aromatic heterocycles. The topological polar surface area (TPSA) is 57.0 Å². The van der Waals surface area contributed by atoms with Crippen molar-refractivity contribution in [1.29, 1.82) is 0 Å². The molecule has 1 saturated heterocycles. The van der Waals surface area contributed by atoms with Crippen LogP contribution >= 0.6 is 0 Å². The van der Waals surface area contributed by atoms with E-state index in [1.165, 1.54) is 0 Å². The molecule has 0 saturated carbocycles. The zero-order valence-electron chi connectivity index (χ0n) is 15.8. The highest BCUT2D eigenvalue weighted by molar-refractivity contribution is 5.40. The second-order valence-electron chi connectivity index (χ2n) is 7.40. The molecule has 0 aliphatic carbocycles. The monoisotopic (exact) mass is 368 g/mol. The quantitative estimate of drug-likeness (QED) is 0.878. The van der Waals surface area contributed by atoms with Crippen molar-refractivity contribution >= 4 is 0 Å². The summed E-state index contributed by atoms with van der Waals surface area (Å²) in [7, 11) is 1.71. The van der Waals surface area contributed by atoms with Crippen molar-refractivity contribution < 1.29 is 14.2 Å². The summed E-state index contributed by atoms with van der Waals surface area (Å²) in [5, 5.41) is 0. The number of fused-ring (bicyclic) bond motifs is 1. The summed E-state index contributed by atoms with van der Waals surface area (Å²) in [6, 6.07) is 16.0. The lowest BCUT2D eigenvalue weighted by Gasteiger charge is -2.37. The summed E-state index contributed by atoms with van der Waals surface area (Å²) in [6.45, 7) is 3.58. The molecule has 2 heterocycles. The van der Waals surface area contributed by atoms with Crippen molar-refractivity contribution in [2.45, 2.75) is 25.0 Å². The fourth-order valence-electron chi connectivity index (χ4n) is 4.13. The minimum absolute atomic E-state index is 0.0180. The van der Waals surface area contributed by atoms with Crippen LogP contribution in [0.4, 0.5) is 0 Å². The van der Waals surface area contributed by atoms with Crippen molar-refractivity contribution in [3.63, 3.8) is 0 Å². The number of para-hydroxylation sites is 3. The van der Waals surface area contributed by atoms with E-state index in [-0.39, 0.29) is 12.1 Å². The van der Waals surface area contributed by atoms with E-state index in [1.54, 1.807) is 7.11 Å². The van der Waals surface area contributed by atoms with E-state index < -0.39 is 0 Å². The Bertz CT molecular complexity index is 759. The summed E-state index contributed by atoms with van der Waals surface area (Å²) < 4.78 is 17.4. The summed E-state index contributed by atoms with van der Waals surface area (Å²) in [6.07, 6.45) is 2.26.